The second-order valence-corrected chi connectivity index (χ2v) is 10.0. The number of aliphatic carboxylic acids is 1. The van der Waals surface area contributed by atoms with E-state index in [2.05, 4.69) is 5.32 Å². The van der Waals surface area contributed by atoms with E-state index < -0.39 is 24.0 Å². The summed E-state index contributed by atoms with van der Waals surface area (Å²) >= 11 is 1.52. The fourth-order valence-corrected chi connectivity index (χ4v) is 4.94. The lowest BCUT2D eigenvalue weighted by atomic mass is 9.92. The number of hydrogen-bond donors (Lipinski definition) is 2. The Bertz CT molecular complexity index is 1470. The zero-order valence-corrected chi connectivity index (χ0v) is 22.8. The van der Waals surface area contributed by atoms with Crippen LogP contribution in [0.4, 0.5) is 4.39 Å². The molecule has 202 valence electrons. The van der Waals surface area contributed by atoms with Gasteiger partial charge in [0.25, 0.3) is 5.91 Å². The molecule has 0 aliphatic rings. The number of carboxylic acid groups (broad SMARTS) is 1. The van der Waals surface area contributed by atoms with Gasteiger partial charge in [0, 0.05) is 12.7 Å². The molecule has 0 saturated carbocycles. The van der Waals surface area contributed by atoms with E-state index >= 15 is 0 Å². The van der Waals surface area contributed by atoms with Crippen LogP contribution in [-0.2, 0) is 9.53 Å². The Morgan fingerprint density at radius 2 is 1.72 bits per heavy atom. The van der Waals surface area contributed by atoms with Crippen molar-refractivity contribution in [1.29, 1.82) is 0 Å². The van der Waals surface area contributed by atoms with Crippen molar-refractivity contribution in [2.24, 2.45) is 0 Å². The van der Waals surface area contributed by atoms with Crippen molar-refractivity contribution >= 4 is 23.6 Å². The molecule has 0 aliphatic carbocycles. The molecule has 39 heavy (non-hydrogen) atoms. The Labute approximate surface area is 231 Å². The van der Waals surface area contributed by atoms with Gasteiger partial charge in [0.05, 0.1) is 5.56 Å². The highest BCUT2D eigenvalue weighted by molar-refractivity contribution is 7.98. The van der Waals surface area contributed by atoms with Gasteiger partial charge in [0.1, 0.15) is 29.5 Å². The molecule has 1 heterocycles. The number of methoxy groups -OCH3 is 1. The number of carbonyl (C=O) groups is 2. The quantitative estimate of drug-likeness (QED) is 0.216. The molecule has 0 bridgehead atoms. The van der Waals surface area contributed by atoms with E-state index in [1.165, 1.54) is 17.8 Å². The third kappa shape index (κ3) is 6.41. The van der Waals surface area contributed by atoms with Crippen molar-refractivity contribution in [3.8, 4) is 22.5 Å². The van der Waals surface area contributed by atoms with Gasteiger partial charge in [-0.05, 0) is 84.0 Å². The van der Waals surface area contributed by atoms with E-state index in [0.717, 1.165) is 16.7 Å². The maximum atomic E-state index is 14.3. The molecule has 4 rings (SSSR count). The van der Waals surface area contributed by atoms with Crippen LogP contribution in [0.15, 0.2) is 83.3 Å². The summed E-state index contributed by atoms with van der Waals surface area (Å²) in [5.41, 5.74) is 3.85. The molecule has 0 spiro atoms. The summed E-state index contributed by atoms with van der Waals surface area (Å²) in [5.74, 6) is -0.468. The largest absolute Gasteiger partial charge is 0.480 e. The number of aryl methyl sites for hydroxylation is 1. The van der Waals surface area contributed by atoms with Crippen molar-refractivity contribution in [2.45, 2.75) is 25.5 Å². The predicted molar refractivity (Wildman–Crippen MR) is 151 cm³/mol. The number of nitrogens with one attached hydrogen (secondary N) is 1. The van der Waals surface area contributed by atoms with Crippen LogP contribution in [0.5, 0.6) is 0 Å². The van der Waals surface area contributed by atoms with E-state index in [-0.39, 0.29) is 5.82 Å². The van der Waals surface area contributed by atoms with Gasteiger partial charge in [-0.2, -0.15) is 11.8 Å². The molecule has 4 aromatic rings. The van der Waals surface area contributed by atoms with E-state index in [1.54, 1.807) is 49.6 Å². The topological polar surface area (TPSA) is 88.8 Å². The average molecular weight is 548 g/mol. The normalized spacial score (nSPS) is 12.6. The lowest BCUT2D eigenvalue weighted by Gasteiger charge is -2.19. The van der Waals surface area contributed by atoms with Crippen molar-refractivity contribution in [2.75, 3.05) is 19.1 Å². The molecular weight excluding hydrogens is 517 g/mol. The number of hydrogen-bond acceptors (Lipinski definition) is 5. The Balaban J connectivity index is 1.74. The van der Waals surface area contributed by atoms with E-state index in [4.69, 9.17) is 9.15 Å². The van der Waals surface area contributed by atoms with Gasteiger partial charge in [-0.1, -0.05) is 42.5 Å². The summed E-state index contributed by atoms with van der Waals surface area (Å²) in [7, 11) is 1.55. The van der Waals surface area contributed by atoms with Crippen LogP contribution in [0.3, 0.4) is 0 Å². The molecular formula is C31H30FNO5S. The lowest BCUT2D eigenvalue weighted by Crippen LogP contribution is -2.41. The van der Waals surface area contributed by atoms with Gasteiger partial charge >= 0.3 is 5.97 Å². The van der Waals surface area contributed by atoms with Crippen LogP contribution >= 0.6 is 11.8 Å². The molecule has 0 saturated heterocycles. The summed E-state index contributed by atoms with van der Waals surface area (Å²) in [4.78, 5) is 25.1. The number of benzene rings is 3. The average Bonchev–Trinajstić information content (AvgIpc) is 3.41. The Hall–Kier alpha value is -3.88. The fraction of sp³-hybridized carbons (Fsp3) is 0.226. The highest BCUT2D eigenvalue weighted by Crippen LogP contribution is 2.35. The lowest BCUT2D eigenvalue weighted by molar-refractivity contribution is -0.139. The summed E-state index contributed by atoms with van der Waals surface area (Å²) in [6.07, 6.45) is 1.58. The summed E-state index contributed by atoms with van der Waals surface area (Å²) in [6.45, 7) is 1.95. The zero-order valence-electron chi connectivity index (χ0n) is 21.9. The first-order chi connectivity index (χ1) is 18.8. The fourth-order valence-electron chi connectivity index (χ4n) is 4.47. The number of carboxylic acids is 1. The first kappa shape index (κ1) is 28.1. The second-order valence-electron chi connectivity index (χ2n) is 9.06. The minimum Gasteiger partial charge on any atom is -0.480 e. The number of ether oxygens (including phenoxy) is 1. The SMILES string of the molecule is COC(c1ccc(C(=O)NC(CCSC)C(=O)O)c(-c2ccccc2C)c1)c1ccc(-c2ccccc2F)o1. The van der Waals surface area contributed by atoms with Crippen LogP contribution in [-0.4, -0.2) is 42.1 Å². The number of furan rings is 1. The van der Waals surface area contributed by atoms with E-state index in [1.807, 2.05) is 43.5 Å². The van der Waals surface area contributed by atoms with Crippen LogP contribution in [0.2, 0.25) is 0 Å². The van der Waals surface area contributed by atoms with Crippen LogP contribution in [0, 0.1) is 12.7 Å². The molecule has 2 N–H and O–H groups in total. The van der Waals surface area contributed by atoms with Crippen LogP contribution in [0.25, 0.3) is 22.5 Å². The van der Waals surface area contributed by atoms with Crippen LogP contribution in [0.1, 0.15) is 39.8 Å². The summed E-state index contributed by atoms with van der Waals surface area (Å²) in [6, 6.07) is 21.8. The minimum absolute atomic E-state index is 0.314. The van der Waals surface area contributed by atoms with Gasteiger partial charge in [-0.3, -0.25) is 4.79 Å². The van der Waals surface area contributed by atoms with Gasteiger partial charge in [0.15, 0.2) is 0 Å². The molecule has 0 radical (unpaired) electrons. The van der Waals surface area contributed by atoms with E-state index in [0.29, 0.717) is 40.4 Å². The third-order valence-electron chi connectivity index (χ3n) is 6.50. The highest BCUT2D eigenvalue weighted by atomic mass is 32.2. The van der Waals surface area contributed by atoms with Crippen molar-refractivity contribution in [3.05, 3.63) is 107 Å². The third-order valence-corrected chi connectivity index (χ3v) is 7.14. The van der Waals surface area contributed by atoms with Crippen molar-refractivity contribution in [3.63, 3.8) is 0 Å². The number of halogens is 1. The molecule has 3 aromatic carbocycles. The second kappa shape index (κ2) is 12.8. The van der Waals surface area contributed by atoms with Crippen molar-refractivity contribution < 1.29 is 28.2 Å². The Kier molecular flexibility index (Phi) is 9.22. The minimum atomic E-state index is -1.07. The maximum Gasteiger partial charge on any atom is 0.326 e. The van der Waals surface area contributed by atoms with Crippen LogP contribution < -0.4 is 5.32 Å². The highest BCUT2D eigenvalue weighted by Gasteiger charge is 2.25. The maximum absolute atomic E-state index is 14.3. The number of thioether (sulfide) groups is 1. The Morgan fingerprint density at radius 3 is 2.38 bits per heavy atom. The Morgan fingerprint density at radius 1 is 1.00 bits per heavy atom. The molecule has 6 nitrogen and oxygen atoms in total. The molecule has 2 unspecified atom stereocenters. The molecule has 1 amide bonds. The number of carbonyl (C=O) groups excluding carboxylic acids is 1. The smallest absolute Gasteiger partial charge is 0.326 e. The summed E-state index contributed by atoms with van der Waals surface area (Å²) in [5, 5.41) is 12.3. The van der Waals surface area contributed by atoms with Gasteiger partial charge in [0.2, 0.25) is 0 Å². The molecule has 8 heteroatoms. The molecule has 2 atom stereocenters. The predicted octanol–water partition coefficient (Wildman–Crippen LogP) is 6.73. The first-order valence-electron chi connectivity index (χ1n) is 12.4. The van der Waals surface area contributed by atoms with E-state index in [9.17, 15) is 19.1 Å². The van der Waals surface area contributed by atoms with Gasteiger partial charge < -0.3 is 19.6 Å². The summed E-state index contributed by atoms with van der Waals surface area (Å²) < 4.78 is 26.1. The zero-order chi connectivity index (χ0) is 27.9. The first-order valence-corrected chi connectivity index (χ1v) is 13.8. The van der Waals surface area contributed by atoms with Gasteiger partial charge in [-0.25, -0.2) is 9.18 Å². The van der Waals surface area contributed by atoms with Crippen molar-refractivity contribution in [1.82, 2.24) is 5.32 Å². The molecule has 1 aromatic heterocycles. The number of amides is 1. The molecule has 0 fully saturated rings. The number of rotatable bonds is 11. The standard InChI is InChI=1S/C31H30FNO5S/c1-19-8-4-5-9-21(19)24-18-20(12-13-22(24)30(34)33-26(31(35)36)16-17-39-3)29(37-2)28-15-14-27(38-28)23-10-6-7-11-25(23)32/h4-15,18,26,29H,16-17H2,1-3H3,(H,33,34)(H,35,36). The molecule has 0 aliphatic heterocycles. The monoisotopic (exact) mass is 547 g/mol. The van der Waals surface area contributed by atoms with Gasteiger partial charge in [-0.15, -0.1) is 0 Å².